The normalized spacial score (nSPS) is 17.5. The molecule has 1 aromatic rings. The van der Waals surface area contributed by atoms with Crippen molar-refractivity contribution in [2.45, 2.75) is 32.2 Å². The summed E-state index contributed by atoms with van der Waals surface area (Å²) in [6, 6.07) is 0.111. The van der Waals surface area contributed by atoms with Crippen LogP contribution in [-0.2, 0) is 0 Å². The molecule has 1 aliphatic rings. The zero-order valence-electron chi connectivity index (χ0n) is 13.1. The first-order valence-corrected chi connectivity index (χ1v) is 8.26. The fourth-order valence-electron chi connectivity index (χ4n) is 2.54. The van der Waals surface area contributed by atoms with Gasteiger partial charge < -0.3 is 20.9 Å². The van der Waals surface area contributed by atoms with Crippen molar-refractivity contribution in [3.63, 3.8) is 0 Å². The first-order valence-electron chi connectivity index (χ1n) is 7.44. The summed E-state index contributed by atoms with van der Waals surface area (Å²) in [5.74, 6) is 0.189. The van der Waals surface area contributed by atoms with Crippen LogP contribution in [0.1, 0.15) is 35.9 Å². The number of hydrogen-bond acceptors (Lipinski definition) is 6. The summed E-state index contributed by atoms with van der Waals surface area (Å²) in [7, 11) is 3.78. The molecule has 1 amide bonds. The number of rotatable bonds is 5. The van der Waals surface area contributed by atoms with Gasteiger partial charge in [-0.25, -0.2) is 4.98 Å². The van der Waals surface area contributed by atoms with Gasteiger partial charge in [0.1, 0.15) is 10.7 Å². The Morgan fingerprint density at radius 1 is 1.43 bits per heavy atom. The van der Waals surface area contributed by atoms with E-state index in [1.54, 1.807) is 0 Å². The average molecular weight is 311 g/mol. The Morgan fingerprint density at radius 2 is 2.10 bits per heavy atom. The minimum Gasteiger partial charge on any atom is -0.382 e. The van der Waals surface area contributed by atoms with Crippen LogP contribution in [0.4, 0.5) is 10.9 Å². The van der Waals surface area contributed by atoms with Gasteiger partial charge in [-0.3, -0.25) is 4.79 Å². The van der Waals surface area contributed by atoms with Gasteiger partial charge in [0.05, 0.1) is 0 Å². The fourth-order valence-corrected chi connectivity index (χ4v) is 3.35. The Balaban J connectivity index is 1.91. The molecule has 6 nitrogen and oxygen atoms in total. The molecule has 1 saturated heterocycles. The largest absolute Gasteiger partial charge is 0.382 e. The van der Waals surface area contributed by atoms with Gasteiger partial charge in [0.15, 0.2) is 5.13 Å². The van der Waals surface area contributed by atoms with Crippen molar-refractivity contribution in [2.24, 2.45) is 0 Å². The monoisotopic (exact) mass is 311 g/mol. The fraction of sp³-hybridized carbons (Fsp3) is 0.714. The maximum Gasteiger partial charge on any atom is 0.265 e. The van der Waals surface area contributed by atoms with Crippen molar-refractivity contribution in [3.8, 4) is 0 Å². The maximum atomic E-state index is 12.3. The van der Waals surface area contributed by atoms with E-state index in [0.29, 0.717) is 10.7 Å². The molecule has 1 unspecified atom stereocenters. The smallest absolute Gasteiger partial charge is 0.265 e. The summed E-state index contributed by atoms with van der Waals surface area (Å²) in [5, 5.41) is 3.78. The number of hydrogen-bond donors (Lipinski definition) is 2. The molecule has 0 radical (unpaired) electrons. The van der Waals surface area contributed by atoms with E-state index >= 15 is 0 Å². The number of nitrogens with zero attached hydrogens (tertiary/aromatic N) is 3. The molecule has 1 aromatic heterocycles. The first kappa shape index (κ1) is 16.0. The third-order valence-electron chi connectivity index (χ3n) is 3.59. The van der Waals surface area contributed by atoms with E-state index in [9.17, 15) is 4.79 Å². The lowest BCUT2D eigenvalue weighted by atomic mass is 10.1. The van der Waals surface area contributed by atoms with Crippen LogP contribution in [-0.4, -0.2) is 55.6 Å². The third kappa shape index (κ3) is 4.31. The van der Waals surface area contributed by atoms with E-state index in [-0.39, 0.29) is 11.9 Å². The number of carbonyl (C=O) groups is 1. The minimum atomic E-state index is -0.123. The molecule has 118 valence electrons. The van der Waals surface area contributed by atoms with Gasteiger partial charge in [0, 0.05) is 26.7 Å². The number of piperidine rings is 1. The zero-order chi connectivity index (χ0) is 15.4. The Kier molecular flexibility index (Phi) is 5.41. The summed E-state index contributed by atoms with van der Waals surface area (Å²) in [4.78, 5) is 21.3. The highest BCUT2D eigenvalue weighted by Gasteiger charge is 2.20. The predicted octanol–water partition coefficient (Wildman–Crippen LogP) is 1.40. The molecule has 2 heterocycles. The lowest BCUT2D eigenvalue weighted by molar-refractivity contribution is 0.0930. The zero-order valence-corrected chi connectivity index (χ0v) is 13.9. The number of nitrogen functional groups attached to an aromatic ring is 1. The highest BCUT2D eigenvalue weighted by atomic mass is 32.1. The quantitative estimate of drug-likeness (QED) is 0.860. The summed E-state index contributed by atoms with van der Waals surface area (Å²) in [6.45, 7) is 5.20. The molecule has 0 spiro atoms. The van der Waals surface area contributed by atoms with Crippen LogP contribution in [0.15, 0.2) is 0 Å². The summed E-state index contributed by atoms with van der Waals surface area (Å²) in [5.41, 5.74) is 5.84. The van der Waals surface area contributed by atoms with E-state index in [1.165, 1.54) is 30.6 Å². The number of thiazole rings is 1. The molecule has 1 aliphatic heterocycles. The molecule has 21 heavy (non-hydrogen) atoms. The molecule has 0 aromatic carbocycles. The van der Waals surface area contributed by atoms with E-state index < -0.39 is 0 Å². The number of aromatic nitrogens is 1. The Bertz CT molecular complexity index is 482. The highest BCUT2D eigenvalue weighted by molar-refractivity contribution is 7.18. The second-order valence-corrected chi connectivity index (χ2v) is 6.82. The molecule has 0 aliphatic carbocycles. The molecule has 3 N–H and O–H groups in total. The van der Waals surface area contributed by atoms with Crippen LogP contribution in [0.3, 0.4) is 0 Å². The van der Waals surface area contributed by atoms with Crippen LogP contribution >= 0.6 is 11.3 Å². The van der Waals surface area contributed by atoms with Gasteiger partial charge in [-0.15, -0.1) is 0 Å². The molecular weight excluding hydrogens is 286 g/mol. The summed E-state index contributed by atoms with van der Waals surface area (Å²) in [6.07, 6.45) is 3.84. The third-order valence-corrected chi connectivity index (χ3v) is 4.83. The lowest BCUT2D eigenvalue weighted by Crippen LogP contribution is -2.43. The van der Waals surface area contributed by atoms with Crippen LogP contribution in [0, 0.1) is 0 Å². The second kappa shape index (κ2) is 7.09. The Hall–Kier alpha value is -1.34. The van der Waals surface area contributed by atoms with Crippen molar-refractivity contribution >= 4 is 28.2 Å². The topological polar surface area (TPSA) is 74.5 Å². The number of likely N-dealkylation sites (tertiary alicyclic amines) is 1. The van der Waals surface area contributed by atoms with E-state index in [4.69, 9.17) is 5.73 Å². The van der Waals surface area contributed by atoms with Gasteiger partial charge >= 0.3 is 0 Å². The second-order valence-electron chi connectivity index (χ2n) is 5.84. The van der Waals surface area contributed by atoms with Crippen LogP contribution < -0.4 is 16.0 Å². The van der Waals surface area contributed by atoms with Crippen molar-refractivity contribution < 1.29 is 4.79 Å². The Labute approximate surface area is 130 Å². The molecule has 0 saturated carbocycles. The number of carbonyl (C=O) groups excluding carboxylic acids is 1. The van der Waals surface area contributed by atoms with Gasteiger partial charge in [-0.05, 0) is 32.9 Å². The van der Waals surface area contributed by atoms with Crippen LogP contribution in [0.25, 0.3) is 0 Å². The summed E-state index contributed by atoms with van der Waals surface area (Å²) >= 11 is 1.33. The molecule has 0 bridgehead atoms. The SMILES string of the molecule is CC(CN1CCCCC1)NC(=O)c1sc(N(C)C)nc1N. The number of nitrogens with one attached hydrogen (secondary N) is 1. The summed E-state index contributed by atoms with van der Waals surface area (Å²) < 4.78 is 0. The molecule has 2 rings (SSSR count). The van der Waals surface area contributed by atoms with Crippen molar-refractivity contribution in [3.05, 3.63) is 4.88 Å². The lowest BCUT2D eigenvalue weighted by Gasteiger charge is -2.29. The van der Waals surface area contributed by atoms with Gasteiger partial charge in [0.2, 0.25) is 0 Å². The van der Waals surface area contributed by atoms with Gasteiger partial charge in [0.25, 0.3) is 5.91 Å². The minimum absolute atomic E-state index is 0.111. The van der Waals surface area contributed by atoms with Crippen molar-refractivity contribution in [1.29, 1.82) is 0 Å². The first-order chi connectivity index (χ1) is 9.97. The van der Waals surface area contributed by atoms with Crippen LogP contribution in [0.5, 0.6) is 0 Å². The number of anilines is 2. The standard InChI is InChI=1S/C14H25N5OS/c1-10(9-19-7-5-4-6-8-19)16-13(20)11-12(15)17-14(21-11)18(2)3/h10H,4-9,15H2,1-3H3,(H,16,20). The molecule has 1 fully saturated rings. The molecule has 1 atom stereocenters. The highest BCUT2D eigenvalue weighted by Crippen LogP contribution is 2.26. The van der Waals surface area contributed by atoms with E-state index in [1.807, 2.05) is 25.9 Å². The van der Waals surface area contributed by atoms with Crippen LogP contribution in [0.2, 0.25) is 0 Å². The van der Waals surface area contributed by atoms with E-state index in [0.717, 1.165) is 24.8 Å². The average Bonchev–Trinajstić information content (AvgIpc) is 2.82. The number of nitrogens with two attached hydrogens (primary N) is 1. The van der Waals surface area contributed by atoms with Crippen molar-refractivity contribution in [2.75, 3.05) is 44.4 Å². The Morgan fingerprint density at radius 3 is 2.67 bits per heavy atom. The molecular formula is C14H25N5OS. The number of amides is 1. The van der Waals surface area contributed by atoms with Gasteiger partial charge in [-0.1, -0.05) is 17.8 Å². The van der Waals surface area contributed by atoms with E-state index in [2.05, 4.69) is 15.2 Å². The maximum absolute atomic E-state index is 12.3. The predicted molar refractivity (Wildman–Crippen MR) is 88.1 cm³/mol. The van der Waals surface area contributed by atoms with Gasteiger partial charge in [-0.2, -0.15) is 0 Å². The molecule has 7 heteroatoms. The van der Waals surface area contributed by atoms with Crippen molar-refractivity contribution in [1.82, 2.24) is 15.2 Å².